The summed E-state index contributed by atoms with van der Waals surface area (Å²) in [5.74, 6) is 0. The van der Waals surface area contributed by atoms with Gasteiger partial charge in [-0.25, -0.2) is 0 Å². The minimum Gasteiger partial charge on any atom is -0.385 e. The van der Waals surface area contributed by atoms with Crippen LogP contribution in [0.1, 0.15) is 12.8 Å². The molecule has 0 saturated heterocycles. The molecule has 0 heterocycles. The number of hydrogen-bond donors (Lipinski definition) is 4. The molecule has 0 radical (unpaired) electrons. The number of rotatable bonds is 13. The first-order valence-electron chi connectivity index (χ1n) is 11.8. The largest absolute Gasteiger partial charge is 0.385 e. The molecule has 0 spiro atoms. The van der Waals surface area contributed by atoms with Crippen LogP contribution in [-0.4, -0.2) is 39.3 Å². The van der Waals surface area contributed by atoms with Crippen LogP contribution in [0.5, 0.6) is 0 Å². The van der Waals surface area contributed by atoms with Gasteiger partial charge in [0.25, 0.3) is 0 Å². The molecule has 4 nitrogen and oxygen atoms in total. The third kappa shape index (κ3) is 6.71. The maximum atomic E-state index is 3.52. The number of nitrogens with one attached hydrogen (secondary N) is 4. The highest BCUT2D eigenvalue weighted by Gasteiger charge is 1.97. The van der Waals surface area contributed by atoms with Crippen molar-refractivity contribution in [2.45, 2.75) is 12.8 Å². The van der Waals surface area contributed by atoms with Gasteiger partial charge >= 0.3 is 0 Å². The number of benzene rings is 4. The lowest BCUT2D eigenvalue weighted by atomic mass is 10.1. The molecule has 0 fully saturated rings. The molecule has 0 amide bonds. The van der Waals surface area contributed by atoms with Crippen molar-refractivity contribution in [2.24, 2.45) is 0 Å². The van der Waals surface area contributed by atoms with E-state index in [0.717, 1.165) is 52.1 Å². The first-order valence-corrected chi connectivity index (χ1v) is 11.8. The summed E-state index contributed by atoms with van der Waals surface area (Å²) in [6.07, 6.45) is 2.23. The zero-order valence-electron chi connectivity index (χ0n) is 18.7. The van der Waals surface area contributed by atoms with Gasteiger partial charge in [-0.15, -0.1) is 0 Å². The van der Waals surface area contributed by atoms with E-state index >= 15 is 0 Å². The standard InChI is InChI=1S/C28H34N4/c1-3-9-25-21-27(13-11-23(25)7-1)31-17-5-15-29-19-20-30-16-6-18-32-28-14-12-24-8-2-4-10-26(24)22-28/h1-4,7-14,21-22,29-32H,5-6,15-20H2. The maximum Gasteiger partial charge on any atom is 0.0346 e. The van der Waals surface area contributed by atoms with Gasteiger partial charge in [-0.2, -0.15) is 0 Å². The minimum atomic E-state index is 0.985. The molecule has 0 aromatic heterocycles. The average molecular weight is 427 g/mol. The first kappa shape index (κ1) is 22.1. The second-order valence-corrected chi connectivity index (χ2v) is 8.18. The van der Waals surface area contributed by atoms with Crippen molar-refractivity contribution in [2.75, 3.05) is 49.9 Å². The predicted molar refractivity (Wildman–Crippen MR) is 140 cm³/mol. The molecule has 0 saturated carbocycles. The Bertz CT molecular complexity index is 1020. The first-order chi connectivity index (χ1) is 15.9. The second kappa shape index (κ2) is 12.1. The fraction of sp³-hybridized carbons (Fsp3) is 0.286. The van der Waals surface area contributed by atoms with E-state index in [1.165, 1.54) is 32.9 Å². The van der Waals surface area contributed by atoms with Gasteiger partial charge in [0, 0.05) is 37.6 Å². The van der Waals surface area contributed by atoms with Crippen molar-refractivity contribution in [1.82, 2.24) is 10.6 Å². The summed E-state index contributed by atoms with van der Waals surface area (Å²) >= 11 is 0. The molecular weight excluding hydrogens is 392 g/mol. The van der Waals surface area contributed by atoms with E-state index in [0.29, 0.717) is 0 Å². The lowest BCUT2D eigenvalue weighted by Crippen LogP contribution is -2.29. The third-order valence-electron chi connectivity index (χ3n) is 5.70. The number of fused-ring (bicyclic) bond motifs is 2. The van der Waals surface area contributed by atoms with Gasteiger partial charge in [-0.05, 0) is 71.7 Å². The molecule has 4 rings (SSSR count). The Morgan fingerprint density at radius 2 is 0.844 bits per heavy atom. The summed E-state index contributed by atoms with van der Waals surface area (Å²) in [4.78, 5) is 0. The van der Waals surface area contributed by atoms with Crippen LogP contribution in [0.3, 0.4) is 0 Å². The summed E-state index contributed by atoms with van der Waals surface area (Å²) in [7, 11) is 0. The Hall–Kier alpha value is -3.08. The second-order valence-electron chi connectivity index (χ2n) is 8.18. The molecule has 0 unspecified atom stereocenters. The van der Waals surface area contributed by atoms with Gasteiger partial charge < -0.3 is 21.3 Å². The van der Waals surface area contributed by atoms with Crippen LogP contribution >= 0.6 is 0 Å². The van der Waals surface area contributed by atoms with Gasteiger partial charge in [-0.1, -0.05) is 60.7 Å². The number of anilines is 2. The van der Waals surface area contributed by atoms with Gasteiger partial charge in [-0.3, -0.25) is 0 Å². The molecule has 0 aliphatic heterocycles. The molecule has 4 aromatic carbocycles. The van der Waals surface area contributed by atoms with Gasteiger partial charge in [0.15, 0.2) is 0 Å². The van der Waals surface area contributed by atoms with E-state index in [-0.39, 0.29) is 0 Å². The monoisotopic (exact) mass is 426 g/mol. The van der Waals surface area contributed by atoms with Gasteiger partial charge in [0.2, 0.25) is 0 Å². The topological polar surface area (TPSA) is 48.1 Å². The van der Waals surface area contributed by atoms with Crippen LogP contribution in [0.4, 0.5) is 11.4 Å². The predicted octanol–water partition coefficient (Wildman–Crippen LogP) is 5.48. The summed E-state index contributed by atoms with van der Waals surface area (Å²) in [5.41, 5.74) is 2.39. The quantitative estimate of drug-likeness (QED) is 0.214. The highest BCUT2D eigenvalue weighted by Crippen LogP contribution is 2.19. The maximum absolute atomic E-state index is 3.52. The summed E-state index contributed by atoms with van der Waals surface area (Å²) < 4.78 is 0. The average Bonchev–Trinajstić information content (AvgIpc) is 2.84. The molecule has 4 aromatic rings. The lowest BCUT2D eigenvalue weighted by Gasteiger charge is -2.10. The third-order valence-corrected chi connectivity index (χ3v) is 5.70. The Balaban J connectivity index is 0.990. The van der Waals surface area contributed by atoms with Crippen molar-refractivity contribution in [3.05, 3.63) is 84.9 Å². The van der Waals surface area contributed by atoms with E-state index < -0.39 is 0 Å². The molecule has 32 heavy (non-hydrogen) atoms. The molecule has 0 bridgehead atoms. The van der Waals surface area contributed by atoms with Crippen LogP contribution < -0.4 is 21.3 Å². The molecule has 4 N–H and O–H groups in total. The molecule has 4 heteroatoms. The molecule has 166 valence electrons. The van der Waals surface area contributed by atoms with Crippen LogP contribution in [0, 0.1) is 0 Å². The SMILES string of the molecule is c1ccc2cc(NCCCNCCNCCCNc3ccc4ccccc4c3)ccc2c1. The Kier molecular flexibility index (Phi) is 8.36. The highest BCUT2D eigenvalue weighted by atomic mass is 14.9. The summed E-state index contributed by atoms with van der Waals surface area (Å²) in [5, 5.41) is 19.2. The van der Waals surface area contributed by atoms with Crippen molar-refractivity contribution in [1.29, 1.82) is 0 Å². The summed E-state index contributed by atoms with van der Waals surface area (Å²) in [6, 6.07) is 30.1. The van der Waals surface area contributed by atoms with Crippen LogP contribution in [0.25, 0.3) is 21.5 Å². The van der Waals surface area contributed by atoms with E-state index in [1.54, 1.807) is 0 Å². The Morgan fingerprint density at radius 1 is 0.406 bits per heavy atom. The van der Waals surface area contributed by atoms with Crippen LogP contribution in [-0.2, 0) is 0 Å². The van der Waals surface area contributed by atoms with E-state index in [1.807, 2.05) is 0 Å². The van der Waals surface area contributed by atoms with E-state index in [4.69, 9.17) is 0 Å². The zero-order valence-corrected chi connectivity index (χ0v) is 18.7. The van der Waals surface area contributed by atoms with E-state index in [2.05, 4.69) is 106 Å². The minimum absolute atomic E-state index is 0.985. The lowest BCUT2D eigenvalue weighted by molar-refractivity contribution is 0.595. The fourth-order valence-electron chi connectivity index (χ4n) is 3.92. The van der Waals surface area contributed by atoms with Crippen molar-refractivity contribution in [3.63, 3.8) is 0 Å². The summed E-state index contributed by atoms with van der Waals surface area (Å²) in [6.45, 7) is 6.05. The highest BCUT2D eigenvalue weighted by molar-refractivity contribution is 5.86. The molecule has 0 aliphatic rings. The Labute approximate surface area is 191 Å². The van der Waals surface area contributed by atoms with Crippen molar-refractivity contribution in [3.8, 4) is 0 Å². The van der Waals surface area contributed by atoms with Crippen molar-refractivity contribution < 1.29 is 0 Å². The fourth-order valence-corrected chi connectivity index (χ4v) is 3.92. The number of hydrogen-bond acceptors (Lipinski definition) is 4. The smallest absolute Gasteiger partial charge is 0.0346 e. The molecule has 0 aliphatic carbocycles. The normalized spacial score (nSPS) is 11.1. The zero-order chi connectivity index (χ0) is 21.8. The van der Waals surface area contributed by atoms with Crippen LogP contribution in [0.2, 0.25) is 0 Å². The molecule has 0 atom stereocenters. The van der Waals surface area contributed by atoms with Crippen LogP contribution in [0.15, 0.2) is 84.9 Å². The van der Waals surface area contributed by atoms with Gasteiger partial charge in [0.1, 0.15) is 0 Å². The Morgan fingerprint density at radius 3 is 1.31 bits per heavy atom. The van der Waals surface area contributed by atoms with Crippen molar-refractivity contribution >= 4 is 32.9 Å². The van der Waals surface area contributed by atoms with E-state index in [9.17, 15) is 0 Å². The van der Waals surface area contributed by atoms with Gasteiger partial charge in [0.05, 0.1) is 0 Å². The molecular formula is C28H34N4.